The summed E-state index contributed by atoms with van der Waals surface area (Å²) >= 11 is 0. The van der Waals surface area contributed by atoms with Crippen molar-refractivity contribution in [2.24, 2.45) is 0 Å². The van der Waals surface area contributed by atoms with Gasteiger partial charge in [0, 0.05) is 6.42 Å². The Morgan fingerprint density at radius 1 is 1.70 bits per heavy atom. The zero-order valence-corrected chi connectivity index (χ0v) is 6.11. The normalized spacial score (nSPS) is 18.5. The summed E-state index contributed by atoms with van der Waals surface area (Å²) < 4.78 is 0. The highest BCUT2D eigenvalue weighted by atomic mass is 16.1. The molecule has 1 rings (SSSR count). The molecule has 0 aliphatic heterocycles. The van der Waals surface area contributed by atoms with Crippen molar-refractivity contribution < 1.29 is 4.79 Å². The van der Waals surface area contributed by atoms with Gasteiger partial charge in [0.05, 0.1) is 0 Å². The highest BCUT2D eigenvalue weighted by Gasteiger charge is 2.40. The average Bonchev–Trinajstić information content (AvgIpc) is 2.67. The van der Waals surface area contributed by atoms with Crippen LogP contribution in [0.1, 0.15) is 26.2 Å². The molecular weight excluding hydrogens is 126 g/mol. The van der Waals surface area contributed by atoms with Crippen molar-refractivity contribution in [1.29, 1.82) is 0 Å². The Kier molecular flexibility index (Phi) is 1.96. The number of hydrogen-bond donors (Lipinski definition) is 1. The predicted octanol–water partition coefficient (Wildman–Crippen LogP) is 0.678. The molecule has 1 N–H and O–H groups in total. The molecule has 2 heteroatoms. The van der Waals surface area contributed by atoms with Crippen LogP contribution in [-0.4, -0.2) is 11.9 Å². The minimum absolute atomic E-state index is 0.127. The third kappa shape index (κ3) is 1.51. The topological polar surface area (TPSA) is 29.1 Å². The minimum atomic E-state index is -0.127. The van der Waals surface area contributed by atoms with E-state index in [9.17, 15) is 4.79 Å². The number of carbonyl (C=O) groups excluding carboxylic acids is 1. The van der Waals surface area contributed by atoms with E-state index in [1.807, 2.05) is 6.92 Å². The molecule has 0 saturated heterocycles. The Bertz CT molecular complexity index is 183. The summed E-state index contributed by atoms with van der Waals surface area (Å²) in [6.45, 7) is 2.00. The van der Waals surface area contributed by atoms with Gasteiger partial charge in [0.2, 0.25) is 6.41 Å². The standard InChI is InChI=1S/C8H11NO/c1-2-3-4-8(5-6-8)9-7-10/h7H,2,5-6H2,1H3,(H,9,10). The number of hydrogen-bond acceptors (Lipinski definition) is 1. The molecule has 0 atom stereocenters. The van der Waals surface area contributed by atoms with Crippen LogP contribution in [0.15, 0.2) is 0 Å². The Morgan fingerprint density at radius 2 is 2.40 bits per heavy atom. The number of rotatable bonds is 2. The lowest BCUT2D eigenvalue weighted by molar-refractivity contribution is -0.110. The molecule has 2 nitrogen and oxygen atoms in total. The van der Waals surface area contributed by atoms with Crippen LogP contribution in [0.4, 0.5) is 0 Å². The lowest BCUT2D eigenvalue weighted by Crippen LogP contribution is -2.27. The highest BCUT2D eigenvalue weighted by molar-refractivity contribution is 5.52. The van der Waals surface area contributed by atoms with E-state index >= 15 is 0 Å². The van der Waals surface area contributed by atoms with Crippen LogP contribution in [0.5, 0.6) is 0 Å². The van der Waals surface area contributed by atoms with E-state index in [-0.39, 0.29) is 5.54 Å². The van der Waals surface area contributed by atoms with Gasteiger partial charge in [-0.05, 0) is 12.8 Å². The second kappa shape index (κ2) is 2.74. The molecule has 0 spiro atoms. The van der Waals surface area contributed by atoms with E-state index in [1.165, 1.54) is 0 Å². The fourth-order valence-corrected chi connectivity index (χ4v) is 0.801. The Hall–Kier alpha value is -0.970. The molecule has 0 aromatic rings. The molecule has 54 valence electrons. The lowest BCUT2D eigenvalue weighted by atomic mass is 10.3. The summed E-state index contributed by atoms with van der Waals surface area (Å²) in [6.07, 6.45) is 3.62. The quantitative estimate of drug-likeness (QED) is 0.440. The van der Waals surface area contributed by atoms with Crippen LogP contribution >= 0.6 is 0 Å². The van der Waals surface area contributed by atoms with Gasteiger partial charge in [0.15, 0.2) is 0 Å². The van der Waals surface area contributed by atoms with Gasteiger partial charge in [0.25, 0.3) is 0 Å². The Labute approximate surface area is 61.0 Å². The van der Waals surface area contributed by atoms with Gasteiger partial charge in [-0.3, -0.25) is 4.79 Å². The van der Waals surface area contributed by atoms with Gasteiger partial charge in [-0.1, -0.05) is 12.8 Å². The first-order valence-corrected chi connectivity index (χ1v) is 3.54. The first-order chi connectivity index (χ1) is 4.83. The molecule has 1 aliphatic carbocycles. The van der Waals surface area contributed by atoms with Crippen molar-refractivity contribution in [3.05, 3.63) is 0 Å². The summed E-state index contributed by atoms with van der Waals surface area (Å²) in [5.41, 5.74) is -0.127. The Balaban J connectivity index is 2.44. The fraction of sp³-hybridized carbons (Fsp3) is 0.625. The number of carbonyl (C=O) groups is 1. The van der Waals surface area contributed by atoms with Crippen molar-refractivity contribution in [3.8, 4) is 11.8 Å². The van der Waals surface area contributed by atoms with Crippen LogP contribution in [-0.2, 0) is 4.79 Å². The Morgan fingerprint density at radius 3 is 2.80 bits per heavy atom. The zero-order valence-electron chi connectivity index (χ0n) is 6.11. The van der Waals surface area contributed by atoms with E-state index in [0.717, 1.165) is 25.7 Å². The maximum absolute atomic E-state index is 10.0. The number of nitrogens with one attached hydrogen (secondary N) is 1. The summed E-state index contributed by atoms with van der Waals surface area (Å²) in [7, 11) is 0. The molecular formula is C8H11NO. The molecule has 0 heterocycles. The lowest BCUT2D eigenvalue weighted by Gasteiger charge is -2.02. The third-order valence-corrected chi connectivity index (χ3v) is 1.59. The molecule has 0 unspecified atom stereocenters. The molecule has 0 aromatic carbocycles. The largest absolute Gasteiger partial charge is 0.342 e. The SMILES string of the molecule is CCC#CC1(NC=O)CC1. The highest BCUT2D eigenvalue weighted by Crippen LogP contribution is 2.33. The molecule has 0 radical (unpaired) electrons. The van der Waals surface area contributed by atoms with Crippen LogP contribution in [0, 0.1) is 11.8 Å². The molecule has 1 saturated carbocycles. The van der Waals surface area contributed by atoms with Gasteiger partial charge < -0.3 is 5.32 Å². The maximum Gasteiger partial charge on any atom is 0.208 e. The molecule has 1 aliphatic rings. The van der Waals surface area contributed by atoms with E-state index in [0.29, 0.717) is 0 Å². The first kappa shape index (κ1) is 7.14. The average molecular weight is 137 g/mol. The van der Waals surface area contributed by atoms with E-state index in [2.05, 4.69) is 17.2 Å². The van der Waals surface area contributed by atoms with E-state index in [4.69, 9.17) is 0 Å². The van der Waals surface area contributed by atoms with Gasteiger partial charge in [-0.2, -0.15) is 0 Å². The smallest absolute Gasteiger partial charge is 0.208 e. The molecule has 0 bridgehead atoms. The van der Waals surface area contributed by atoms with Gasteiger partial charge >= 0.3 is 0 Å². The van der Waals surface area contributed by atoms with Gasteiger partial charge in [-0.25, -0.2) is 0 Å². The summed E-state index contributed by atoms with van der Waals surface area (Å²) in [4.78, 5) is 10.0. The number of amides is 1. The predicted molar refractivity (Wildman–Crippen MR) is 39.2 cm³/mol. The van der Waals surface area contributed by atoms with Gasteiger partial charge in [0.1, 0.15) is 5.54 Å². The summed E-state index contributed by atoms with van der Waals surface area (Å²) in [6, 6.07) is 0. The van der Waals surface area contributed by atoms with Crippen molar-refractivity contribution >= 4 is 6.41 Å². The zero-order chi connectivity index (χ0) is 7.45. The van der Waals surface area contributed by atoms with Crippen molar-refractivity contribution in [2.75, 3.05) is 0 Å². The first-order valence-electron chi connectivity index (χ1n) is 3.54. The summed E-state index contributed by atoms with van der Waals surface area (Å²) in [5.74, 6) is 5.99. The second-order valence-electron chi connectivity index (χ2n) is 2.50. The van der Waals surface area contributed by atoms with Crippen molar-refractivity contribution in [3.63, 3.8) is 0 Å². The van der Waals surface area contributed by atoms with Crippen LogP contribution in [0.2, 0.25) is 0 Å². The van der Waals surface area contributed by atoms with Crippen LogP contribution < -0.4 is 5.32 Å². The summed E-state index contributed by atoms with van der Waals surface area (Å²) in [5, 5.41) is 2.71. The van der Waals surface area contributed by atoms with Crippen molar-refractivity contribution in [1.82, 2.24) is 5.32 Å². The minimum Gasteiger partial charge on any atom is -0.342 e. The second-order valence-corrected chi connectivity index (χ2v) is 2.50. The van der Waals surface area contributed by atoms with Crippen LogP contribution in [0.3, 0.4) is 0 Å². The third-order valence-electron chi connectivity index (χ3n) is 1.59. The van der Waals surface area contributed by atoms with Crippen LogP contribution in [0.25, 0.3) is 0 Å². The van der Waals surface area contributed by atoms with E-state index < -0.39 is 0 Å². The van der Waals surface area contributed by atoms with Gasteiger partial charge in [-0.15, -0.1) is 5.92 Å². The van der Waals surface area contributed by atoms with Crippen molar-refractivity contribution in [2.45, 2.75) is 31.7 Å². The maximum atomic E-state index is 10.0. The molecule has 0 aromatic heterocycles. The van der Waals surface area contributed by atoms with E-state index in [1.54, 1.807) is 0 Å². The molecule has 10 heavy (non-hydrogen) atoms. The molecule has 1 amide bonds. The monoisotopic (exact) mass is 137 g/mol. The fourth-order valence-electron chi connectivity index (χ4n) is 0.801. The molecule has 1 fully saturated rings.